The van der Waals surface area contributed by atoms with Crippen LogP contribution in [0.25, 0.3) is 32.6 Å². The van der Waals surface area contributed by atoms with Crippen LogP contribution in [0.5, 0.6) is 11.5 Å². The number of ether oxygens (including phenoxy) is 2. The smallest absolute Gasteiger partial charge is 0.161 e. The van der Waals surface area contributed by atoms with Gasteiger partial charge >= 0.3 is 0 Å². The van der Waals surface area contributed by atoms with Crippen LogP contribution in [0, 0.1) is 0 Å². The van der Waals surface area contributed by atoms with Crippen molar-refractivity contribution in [3.63, 3.8) is 0 Å². The third-order valence-corrected chi connectivity index (χ3v) is 4.98. The van der Waals surface area contributed by atoms with Gasteiger partial charge in [0.25, 0.3) is 0 Å². The van der Waals surface area contributed by atoms with E-state index in [1.807, 2.05) is 30.3 Å². The zero-order valence-corrected chi connectivity index (χ0v) is 14.7. The van der Waals surface area contributed by atoms with E-state index in [0.29, 0.717) is 5.75 Å². The van der Waals surface area contributed by atoms with Crippen molar-refractivity contribution < 1.29 is 9.47 Å². The fraction of sp³-hybridized carbons (Fsp3) is 0.100. The lowest BCUT2D eigenvalue weighted by Gasteiger charge is -2.11. The van der Waals surface area contributed by atoms with Gasteiger partial charge in [0.1, 0.15) is 6.33 Å². The van der Waals surface area contributed by atoms with Gasteiger partial charge in [-0.1, -0.05) is 18.2 Å². The van der Waals surface area contributed by atoms with Crippen LogP contribution in [0.2, 0.25) is 0 Å². The maximum Gasteiger partial charge on any atom is 0.161 e. The molecule has 0 fully saturated rings. The Kier molecular flexibility index (Phi) is 4.07. The molecule has 0 radical (unpaired) electrons. The molecule has 4 nitrogen and oxygen atoms in total. The SMILES string of the molecule is COc1ccc(-c2ccc3ncnc(-c4cccs4)c3c2)cc1OC. The highest BCUT2D eigenvalue weighted by molar-refractivity contribution is 7.13. The van der Waals surface area contributed by atoms with Crippen LogP contribution >= 0.6 is 11.3 Å². The fourth-order valence-corrected chi connectivity index (χ4v) is 3.60. The molecule has 0 atom stereocenters. The van der Waals surface area contributed by atoms with Crippen LogP contribution in [0.3, 0.4) is 0 Å². The minimum atomic E-state index is 0.711. The normalized spacial score (nSPS) is 10.8. The predicted molar refractivity (Wildman–Crippen MR) is 101 cm³/mol. The summed E-state index contributed by atoms with van der Waals surface area (Å²) in [5.41, 5.74) is 4.03. The van der Waals surface area contributed by atoms with Crippen molar-refractivity contribution in [2.75, 3.05) is 14.2 Å². The molecule has 4 aromatic rings. The van der Waals surface area contributed by atoms with Gasteiger partial charge in [-0.2, -0.15) is 0 Å². The van der Waals surface area contributed by atoms with Crippen molar-refractivity contribution in [3.8, 4) is 33.2 Å². The van der Waals surface area contributed by atoms with Gasteiger partial charge in [-0.15, -0.1) is 11.3 Å². The van der Waals surface area contributed by atoms with E-state index < -0.39 is 0 Å². The molecule has 124 valence electrons. The van der Waals surface area contributed by atoms with Gasteiger partial charge < -0.3 is 9.47 Å². The molecule has 0 bridgehead atoms. The standard InChI is InChI=1S/C20H16N2O2S/c1-23-17-8-6-14(11-18(17)24-2)13-5-7-16-15(10-13)20(22-12-21-16)19-4-3-9-25-19/h3-12H,1-2H3. The summed E-state index contributed by atoms with van der Waals surface area (Å²) in [5, 5.41) is 3.10. The molecule has 0 aliphatic carbocycles. The van der Waals surface area contributed by atoms with Gasteiger partial charge in [-0.3, -0.25) is 0 Å². The highest BCUT2D eigenvalue weighted by atomic mass is 32.1. The van der Waals surface area contributed by atoms with E-state index in [0.717, 1.165) is 38.4 Å². The zero-order chi connectivity index (χ0) is 17.2. The monoisotopic (exact) mass is 348 g/mol. The number of thiophene rings is 1. The average molecular weight is 348 g/mol. The Balaban J connectivity index is 1.88. The number of hydrogen-bond donors (Lipinski definition) is 0. The van der Waals surface area contributed by atoms with Crippen LogP contribution in [0.15, 0.2) is 60.2 Å². The third-order valence-electron chi connectivity index (χ3n) is 4.11. The van der Waals surface area contributed by atoms with Crippen molar-refractivity contribution >= 4 is 22.2 Å². The van der Waals surface area contributed by atoms with Crippen molar-refractivity contribution in [1.82, 2.24) is 9.97 Å². The number of fused-ring (bicyclic) bond motifs is 1. The van der Waals surface area contributed by atoms with Crippen LogP contribution in [0.1, 0.15) is 0 Å². The number of benzene rings is 2. The first-order chi connectivity index (χ1) is 12.3. The molecule has 0 aliphatic heterocycles. The zero-order valence-electron chi connectivity index (χ0n) is 13.9. The maximum atomic E-state index is 5.42. The Morgan fingerprint density at radius 3 is 2.40 bits per heavy atom. The molecule has 2 heterocycles. The Bertz CT molecular complexity index is 1030. The lowest BCUT2D eigenvalue weighted by molar-refractivity contribution is 0.355. The quantitative estimate of drug-likeness (QED) is 0.518. The number of hydrogen-bond acceptors (Lipinski definition) is 5. The summed E-state index contributed by atoms with van der Waals surface area (Å²) in [6.07, 6.45) is 1.62. The number of rotatable bonds is 4. The molecular weight excluding hydrogens is 332 g/mol. The number of nitrogens with zero attached hydrogens (tertiary/aromatic N) is 2. The van der Waals surface area contributed by atoms with E-state index in [1.54, 1.807) is 31.9 Å². The molecule has 0 N–H and O–H groups in total. The summed E-state index contributed by atoms with van der Waals surface area (Å²) in [4.78, 5) is 10.0. The highest BCUT2D eigenvalue weighted by Crippen LogP contribution is 2.35. The summed E-state index contributed by atoms with van der Waals surface area (Å²) >= 11 is 1.68. The molecular formula is C20H16N2O2S. The first-order valence-electron chi connectivity index (χ1n) is 7.81. The van der Waals surface area contributed by atoms with Crippen LogP contribution < -0.4 is 9.47 Å². The minimum Gasteiger partial charge on any atom is -0.493 e. The lowest BCUT2D eigenvalue weighted by Crippen LogP contribution is -1.91. The second-order valence-electron chi connectivity index (χ2n) is 5.50. The first kappa shape index (κ1) is 15.6. The van der Waals surface area contributed by atoms with Crippen LogP contribution in [-0.2, 0) is 0 Å². The average Bonchev–Trinajstić information content (AvgIpc) is 3.21. The Labute approximate surface area is 149 Å². The molecule has 0 unspecified atom stereocenters. The molecule has 0 amide bonds. The highest BCUT2D eigenvalue weighted by Gasteiger charge is 2.11. The number of methoxy groups -OCH3 is 2. The van der Waals surface area contributed by atoms with E-state index in [1.165, 1.54) is 0 Å². The van der Waals surface area contributed by atoms with E-state index in [4.69, 9.17) is 9.47 Å². The molecule has 0 spiro atoms. The maximum absolute atomic E-state index is 5.42. The first-order valence-corrected chi connectivity index (χ1v) is 8.69. The van der Waals surface area contributed by atoms with Gasteiger partial charge in [0.2, 0.25) is 0 Å². The molecule has 25 heavy (non-hydrogen) atoms. The predicted octanol–water partition coefficient (Wildman–Crippen LogP) is 5.04. The molecule has 0 saturated carbocycles. The number of aromatic nitrogens is 2. The van der Waals surface area contributed by atoms with E-state index in [-0.39, 0.29) is 0 Å². The molecule has 0 aliphatic rings. The van der Waals surface area contributed by atoms with Crippen molar-refractivity contribution in [1.29, 1.82) is 0 Å². The summed E-state index contributed by atoms with van der Waals surface area (Å²) in [5.74, 6) is 1.43. The van der Waals surface area contributed by atoms with Crippen molar-refractivity contribution in [2.45, 2.75) is 0 Å². The molecule has 5 heteroatoms. The van der Waals surface area contributed by atoms with Gasteiger partial charge in [-0.05, 0) is 46.8 Å². The third kappa shape index (κ3) is 2.83. The van der Waals surface area contributed by atoms with E-state index in [2.05, 4.69) is 33.5 Å². The summed E-state index contributed by atoms with van der Waals surface area (Å²) in [7, 11) is 3.28. The Hall–Kier alpha value is -2.92. The van der Waals surface area contributed by atoms with E-state index in [9.17, 15) is 0 Å². The summed E-state index contributed by atoms with van der Waals surface area (Å²) < 4.78 is 10.7. The largest absolute Gasteiger partial charge is 0.493 e. The van der Waals surface area contributed by atoms with Crippen LogP contribution in [0.4, 0.5) is 0 Å². The lowest BCUT2D eigenvalue weighted by atomic mass is 10.0. The fourth-order valence-electron chi connectivity index (χ4n) is 2.86. The summed E-state index contributed by atoms with van der Waals surface area (Å²) in [6, 6.07) is 16.3. The van der Waals surface area contributed by atoms with Gasteiger partial charge in [-0.25, -0.2) is 9.97 Å². The van der Waals surface area contributed by atoms with Crippen molar-refractivity contribution in [3.05, 3.63) is 60.2 Å². The molecule has 2 aromatic carbocycles. The second-order valence-corrected chi connectivity index (χ2v) is 6.45. The van der Waals surface area contributed by atoms with Crippen LogP contribution in [-0.4, -0.2) is 24.2 Å². The molecule has 2 aromatic heterocycles. The van der Waals surface area contributed by atoms with Gasteiger partial charge in [0, 0.05) is 5.39 Å². The second kappa shape index (κ2) is 6.53. The molecule has 0 saturated heterocycles. The topological polar surface area (TPSA) is 44.2 Å². The summed E-state index contributed by atoms with van der Waals surface area (Å²) in [6.45, 7) is 0. The van der Waals surface area contributed by atoms with Gasteiger partial charge in [0.15, 0.2) is 11.5 Å². The van der Waals surface area contributed by atoms with Crippen molar-refractivity contribution in [2.24, 2.45) is 0 Å². The molecule has 4 rings (SSSR count). The Morgan fingerprint density at radius 1 is 0.840 bits per heavy atom. The van der Waals surface area contributed by atoms with Gasteiger partial charge in [0.05, 0.1) is 30.3 Å². The minimum absolute atomic E-state index is 0.711. The Morgan fingerprint density at radius 2 is 1.64 bits per heavy atom. The van der Waals surface area contributed by atoms with E-state index >= 15 is 0 Å².